The first-order chi connectivity index (χ1) is 11.2. The third-order valence-electron chi connectivity index (χ3n) is 5.08. The van der Waals surface area contributed by atoms with Gasteiger partial charge in [0.1, 0.15) is 6.10 Å². The molecular weight excluding hydrogens is 314 g/mol. The van der Waals surface area contributed by atoms with Crippen LogP contribution in [0.3, 0.4) is 0 Å². The van der Waals surface area contributed by atoms with Crippen molar-refractivity contribution < 1.29 is 17.9 Å². The Morgan fingerprint density at radius 3 is 2.65 bits per heavy atom. The van der Waals surface area contributed by atoms with Crippen molar-refractivity contribution in [1.29, 1.82) is 0 Å². The maximum Gasteiger partial charge on any atom is 0.243 e. The van der Waals surface area contributed by atoms with Gasteiger partial charge in [-0.3, -0.25) is 0 Å². The predicted molar refractivity (Wildman–Crippen MR) is 85.6 cm³/mol. The van der Waals surface area contributed by atoms with Crippen LogP contribution in [-0.4, -0.2) is 50.7 Å². The Hall–Kier alpha value is -0.950. The van der Waals surface area contributed by atoms with Crippen LogP contribution in [0.2, 0.25) is 0 Å². The Kier molecular flexibility index (Phi) is 4.17. The van der Waals surface area contributed by atoms with Crippen molar-refractivity contribution in [2.45, 2.75) is 48.8 Å². The van der Waals surface area contributed by atoms with Gasteiger partial charge in [0.2, 0.25) is 10.0 Å². The zero-order valence-electron chi connectivity index (χ0n) is 13.1. The first-order valence-electron chi connectivity index (χ1n) is 8.46. The van der Waals surface area contributed by atoms with Crippen LogP contribution in [0.5, 0.6) is 0 Å². The van der Waals surface area contributed by atoms with E-state index in [0.717, 1.165) is 19.4 Å². The lowest BCUT2D eigenvalue weighted by Crippen LogP contribution is -2.46. The zero-order valence-corrected chi connectivity index (χ0v) is 14.0. The summed E-state index contributed by atoms with van der Waals surface area (Å²) in [5.41, 5.74) is 0. The first kappa shape index (κ1) is 15.6. The topological polar surface area (TPSA) is 55.8 Å². The van der Waals surface area contributed by atoms with Crippen LogP contribution in [0.1, 0.15) is 25.7 Å². The van der Waals surface area contributed by atoms with Crippen molar-refractivity contribution in [2.24, 2.45) is 5.92 Å². The van der Waals surface area contributed by atoms with Crippen LogP contribution in [0, 0.1) is 5.92 Å². The Bertz CT molecular complexity index is 644. The largest absolute Gasteiger partial charge is 0.374 e. The molecule has 1 aromatic rings. The van der Waals surface area contributed by atoms with E-state index in [1.807, 2.05) is 6.07 Å². The summed E-state index contributed by atoms with van der Waals surface area (Å²) >= 11 is 0. The molecule has 0 unspecified atom stereocenters. The summed E-state index contributed by atoms with van der Waals surface area (Å²) in [5.74, 6) is 0.664. The third kappa shape index (κ3) is 3.05. The van der Waals surface area contributed by atoms with E-state index < -0.39 is 10.0 Å². The summed E-state index contributed by atoms with van der Waals surface area (Å²) in [6, 6.07) is 8.57. The fraction of sp³-hybridized carbons (Fsp3) is 0.647. The van der Waals surface area contributed by atoms with Gasteiger partial charge >= 0.3 is 0 Å². The van der Waals surface area contributed by atoms with Gasteiger partial charge in [-0.2, -0.15) is 4.31 Å². The minimum Gasteiger partial charge on any atom is -0.374 e. The Morgan fingerprint density at radius 1 is 1.13 bits per heavy atom. The van der Waals surface area contributed by atoms with Gasteiger partial charge in [-0.25, -0.2) is 8.42 Å². The smallest absolute Gasteiger partial charge is 0.243 e. The molecule has 2 aliphatic carbocycles. The van der Waals surface area contributed by atoms with E-state index >= 15 is 0 Å². The normalized spacial score (nSPS) is 31.9. The van der Waals surface area contributed by atoms with Crippen molar-refractivity contribution in [3.05, 3.63) is 30.3 Å². The van der Waals surface area contributed by atoms with Gasteiger partial charge in [-0.1, -0.05) is 18.2 Å². The monoisotopic (exact) mass is 337 g/mol. The summed E-state index contributed by atoms with van der Waals surface area (Å²) in [6.45, 7) is 1.58. The lowest BCUT2D eigenvalue weighted by molar-refractivity contribution is -0.0542. The van der Waals surface area contributed by atoms with Crippen molar-refractivity contribution in [3.8, 4) is 0 Å². The highest BCUT2D eigenvalue weighted by Crippen LogP contribution is 2.37. The maximum atomic E-state index is 13.0. The second-order valence-corrected chi connectivity index (χ2v) is 8.61. The minimum atomic E-state index is -3.50. The van der Waals surface area contributed by atoms with Crippen LogP contribution >= 0.6 is 0 Å². The van der Waals surface area contributed by atoms with Gasteiger partial charge in [0.25, 0.3) is 0 Å². The quantitative estimate of drug-likeness (QED) is 0.825. The fourth-order valence-electron chi connectivity index (χ4n) is 3.63. The van der Waals surface area contributed by atoms with Crippen LogP contribution in [-0.2, 0) is 19.5 Å². The van der Waals surface area contributed by atoms with Gasteiger partial charge < -0.3 is 9.47 Å². The highest BCUT2D eigenvalue weighted by atomic mass is 32.2. The Labute approximate surface area is 137 Å². The number of fused-ring (bicyclic) bond motifs is 2. The molecule has 6 heteroatoms. The summed E-state index contributed by atoms with van der Waals surface area (Å²) in [6.07, 6.45) is 4.06. The number of sulfonamides is 1. The van der Waals surface area contributed by atoms with E-state index in [4.69, 9.17) is 9.47 Å². The van der Waals surface area contributed by atoms with Gasteiger partial charge in [0.05, 0.1) is 23.6 Å². The second kappa shape index (κ2) is 6.16. The van der Waals surface area contributed by atoms with Gasteiger partial charge in [0.15, 0.2) is 0 Å². The van der Waals surface area contributed by atoms with E-state index in [1.54, 1.807) is 28.6 Å². The molecule has 1 saturated heterocycles. The van der Waals surface area contributed by atoms with Crippen molar-refractivity contribution in [2.75, 3.05) is 19.8 Å². The first-order valence-corrected chi connectivity index (χ1v) is 9.90. The SMILES string of the molecule is O=S(=O)(c1ccccc1)N1CCO[C@H]2CC[C@H]1[C@@H]2OCC1CC1. The van der Waals surface area contributed by atoms with E-state index in [-0.39, 0.29) is 18.2 Å². The third-order valence-corrected chi connectivity index (χ3v) is 7.02. The van der Waals surface area contributed by atoms with Gasteiger partial charge in [0, 0.05) is 13.2 Å². The second-order valence-electron chi connectivity index (χ2n) is 6.72. The molecule has 1 aromatic carbocycles. The zero-order chi connectivity index (χ0) is 15.9. The molecule has 0 spiro atoms. The molecule has 23 heavy (non-hydrogen) atoms. The molecule has 0 N–H and O–H groups in total. The molecule has 5 nitrogen and oxygen atoms in total. The standard InChI is InChI=1S/C17H23NO4S/c19-23(20,14-4-2-1-3-5-14)18-10-11-21-16-9-8-15(18)17(16)22-12-13-6-7-13/h1-5,13,15-17H,6-12H2/t15-,16-,17-/m0/s1. The molecule has 3 fully saturated rings. The number of rotatable bonds is 5. The number of ether oxygens (including phenoxy) is 2. The van der Waals surface area contributed by atoms with E-state index in [1.165, 1.54) is 12.8 Å². The minimum absolute atomic E-state index is 0.0368. The summed E-state index contributed by atoms with van der Waals surface area (Å²) < 4.78 is 39.7. The van der Waals surface area contributed by atoms with E-state index in [2.05, 4.69) is 0 Å². The van der Waals surface area contributed by atoms with Crippen LogP contribution < -0.4 is 0 Å². The van der Waals surface area contributed by atoms with Gasteiger partial charge in [-0.05, 0) is 43.7 Å². The fourth-order valence-corrected chi connectivity index (χ4v) is 5.30. The molecule has 126 valence electrons. The van der Waals surface area contributed by atoms with Crippen molar-refractivity contribution in [3.63, 3.8) is 0 Å². The highest BCUT2D eigenvalue weighted by molar-refractivity contribution is 7.89. The molecule has 1 heterocycles. The van der Waals surface area contributed by atoms with Crippen molar-refractivity contribution >= 4 is 10.0 Å². The molecule has 1 aliphatic heterocycles. The average molecular weight is 337 g/mol. The lowest BCUT2D eigenvalue weighted by Gasteiger charge is -2.30. The number of hydrogen-bond acceptors (Lipinski definition) is 4. The number of nitrogens with zero attached hydrogens (tertiary/aromatic N) is 1. The molecular formula is C17H23NO4S. The molecule has 0 aromatic heterocycles. The number of benzene rings is 1. The van der Waals surface area contributed by atoms with Crippen LogP contribution in [0.15, 0.2) is 35.2 Å². The number of hydrogen-bond donors (Lipinski definition) is 0. The maximum absolute atomic E-state index is 13.0. The van der Waals surface area contributed by atoms with Gasteiger partial charge in [-0.15, -0.1) is 0 Å². The molecule has 0 amide bonds. The van der Waals surface area contributed by atoms with Crippen molar-refractivity contribution in [1.82, 2.24) is 4.31 Å². The molecule has 3 atom stereocenters. The Morgan fingerprint density at radius 2 is 1.91 bits per heavy atom. The van der Waals surface area contributed by atoms with E-state index in [9.17, 15) is 8.42 Å². The van der Waals surface area contributed by atoms with Crippen LogP contribution in [0.4, 0.5) is 0 Å². The molecule has 4 rings (SSSR count). The Balaban J connectivity index is 1.59. The molecule has 2 saturated carbocycles. The summed E-state index contributed by atoms with van der Waals surface area (Å²) in [5, 5.41) is 0. The summed E-state index contributed by atoms with van der Waals surface area (Å²) in [7, 11) is -3.50. The summed E-state index contributed by atoms with van der Waals surface area (Å²) in [4.78, 5) is 0.353. The average Bonchev–Trinajstić information content (AvgIpc) is 3.31. The molecule has 0 radical (unpaired) electrons. The van der Waals surface area contributed by atoms with E-state index in [0.29, 0.717) is 24.0 Å². The molecule has 2 bridgehead atoms. The lowest BCUT2D eigenvalue weighted by atomic mass is 10.2. The van der Waals surface area contributed by atoms with Crippen LogP contribution in [0.25, 0.3) is 0 Å². The predicted octanol–water partition coefficient (Wildman–Crippen LogP) is 2.03. The highest BCUT2D eigenvalue weighted by Gasteiger charge is 2.47. The molecule has 3 aliphatic rings.